The molecule has 0 heterocycles. The zero-order valence-electron chi connectivity index (χ0n) is 16.1. The van der Waals surface area contributed by atoms with Gasteiger partial charge in [-0.1, -0.05) is 67.3 Å². The molecule has 0 aliphatic rings. The Morgan fingerprint density at radius 2 is 1.81 bits per heavy atom. The Balaban J connectivity index is 2.10. The van der Waals surface area contributed by atoms with Gasteiger partial charge in [0.2, 0.25) is 0 Å². The van der Waals surface area contributed by atoms with Crippen molar-refractivity contribution in [3.05, 3.63) is 42.0 Å². The lowest BCUT2D eigenvalue weighted by Crippen LogP contribution is -2.06. The summed E-state index contributed by atoms with van der Waals surface area (Å²) in [7, 11) is -4.33. The largest absolute Gasteiger partial charge is 0.508 e. The van der Waals surface area contributed by atoms with Gasteiger partial charge >= 0.3 is 7.82 Å². The standard InChI is InChI=1S/C20H29O6P/c1-3-5-6-7-11-18-14-13-17-10-8-9-12-19(17)20(18)25-26-27(21,22)24-16-15-23-4-2/h8-10,12-14H,3-7,11,15-16H2,1-2H3,(H,21,22). The van der Waals surface area contributed by atoms with Crippen molar-refractivity contribution in [1.29, 1.82) is 0 Å². The van der Waals surface area contributed by atoms with Crippen LogP contribution in [0.2, 0.25) is 0 Å². The van der Waals surface area contributed by atoms with Gasteiger partial charge < -0.3 is 14.5 Å². The summed E-state index contributed by atoms with van der Waals surface area (Å²) in [6, 6.07) is 11.7. The molecule has 1 unspecified atom stereocenters. The predicted octanol–water partition coefficient (Wildman–Crippen LogP) is 5.43. The number of phosphoric ester groups is 1. The molecule has 2 aromatic rings. The fraction of sp³-hybridized carbons (Fsp3) is 0.500. The van der Waals surface area contributed by atoms with Crippen LogP contribution < -0.4 is 4.89 Å². The highest BCUT2D eigenvalue weighted by atomic mass is 31.2. The molecule has 0 aliphatic carbocycles. The van der Waals surface area contributed by atoms with Crippen molar-refractivity contribution in [3.8, 4) is 5.75 Å². The van der Waals surface area contributed by atoms with Crippen molar-refractivity contribution in [2.75, 3.05) is 19.8 Å². The molecule has 150 valence electrons. The molecule has 1 N–H and O–H groups in total. The summed E-state index contributed by atoms with van der Waals surface area (Å²) in [5.41, 5.74) is 0.944. The third-order valence-corrected chi connectivity index (χ3v) is 4.93. The maximum Gasteiger partial charge on any atom is 0.508 e. The van der Waals surface area contributed by atoms with Gasteiger partial charge in [0, 0.05) is 12.0 Å². The molecule has 2 aromatic carbocycles. The van der Waals surface area contributed by atoms with Crippen molar-refractivity contribution in [3.63, 3.8) is 0 Å². The molecule has 0 aromatic heterocycles. The van der Waals surface area contributed by atoms with E-state index in [1.807, 2.05) is 43.3 Å². The molecule has 0 saturated carbocycles. The monoisotopic (exact) mass is 396 g/mol. The van der Waals surface area contributed by atoms with E-state index in [4.69, 9.17) is 18.8 Å². The first-order chi connectivity index (χ1) is 13.1. The Morgan fingerprint density at radius 3 is 2.59 bits per heavy atom. The second-order valence-electron chi connectivity index (χ2n) is 6.24. The van der Waals surface area contributed by atoms with Gasteiger partial charge in [-0.2, -0.15) is 0 Å². The molecule has 0 radical (unpaired) electrons. The number of unbranched alkanes of at least 4 members (excludes halogenated alkanes) is 3. The lowest BCUT2D eigenvalue weighted by molar-refractivity contribution is -0.128. The summed E-state index contributed by atoms with van der Waals surface area (Å²) in [5.74, 6) is 0.465. The van der Waals surface area contributed by atoms with E-state index in [9.17, 15) is 9.46 Å². The lowest BCUT2D eigenvalue weighted by Gasteiger charge is -2.15. The molecule has 6 nitrogen and oxygen atoms in total. The average molecular weight is 396 g/mol. The van der Waals surface area contributed by atoms with E-state index in [-0.39, 0.29) is 13.2 Å². The maximum atomic E-state index is 12.0. The molecule has 0 bridgehead atoms. The van der Waals surface area contributed by atoms with Crippen LogP contribution in [0.1, 0.15) is 45.1 Å². The van der Waals surface area contributed by atoms with Crippen molar-refractivity contribution >= 4 is 18.6 Å². The number of rotatable bonds is 13. The van der Waals surface area contributed by atoms with E-state index in [0.717, 1.165) is 42.0 Å². The lowest BCUT2D eigenvalue weighted by atomic mass is 10.0. The van der Waals surface area contributed by atoms with E-state index < -0.39 is 7.82 Å². The zero-order chi connectivity index (χ0) is 19.5. The number of fused-ring (bicyclic) bond motifs is 1. The molecule has 0 spiro atoms. The Morgan fingerprint density at radius 1 is 1.00 bits per heavy atom. The third kappa shape index (κ3) is 7.24. The Kier molecular flexibility index (Phi) is 9.25. The van der Waals surface area contributed by atoms with Crippen LogP contribution in [0, 0.1) is 0 Å². The molecule has 7 heteroatoms. The van der Waals surface area contributed by atoms with Gasteiger partial charge in [0.05, 0.1) is 13.2 Å². The SMILES string of the molecule is CCCCCCc1ccc2ccccc2c1OOP(=O)(O)OCCOCC. The van der Waals surface area contributed by atoms with E-state index in [2.05, 4.69) is 6.92 Å². The topological polar surface area (TPSA) is 74.2 Å². The van der Waals surface area contributed by atoms with Crippen molar-refractivity contribution in [2.45, 2.75) is 46.0 Å². The van der Waals surface area contributed by atoms with Gasteiger partial charge in [0.25, 0.3) is 0 Å². The quantitative estimate of drug-likeness (QED) is 0.211. The van der Waals surface area contributed by atoms with Crippen LogP contribution in [-0.4, -0.2) is 24.7 Å². The summed E-state index contributed by atoms with van der Waals surface area (Å²) in [5, 5.41) is 1.80. The summed E-state index contributed by atoms with van der Waals surface area (Å²) < 4.78 is 26.8. The van der Waals surface area contributed by atoms with Crippen LogP contribution in [0.25, 0.3) is 10.8 Å². The first kappa shape index (κ1) is 21.9. The van der Waals surface area contributed by atoms with Crippen molar-refractivity contribution in [1.82, 2.24) is 0 Å². The van der Waals surface area contributed by atoms with Crippen molar-refractivity contribution in [2.24, 2.45) is 0 Å². The van der Waals surface area contributed by atoms with E-state index in [1.165, 1.54) is 6.42 Å². The third-order valence-electron chi connectivity index (χ3n) is 4.16. The van der Waals surface area contributed by atoms with E-state index in [1.54, 1.807) is 0 Å². The molecule has 1 atom stereocenters. The van der Waals surface area contributed by atoms with Gasteiger partial charge in [-0.05, 0) is 30.7 Å². The molecule has 2 rings (SSSR count). The highest BCUT2D eigenvalue weighted by molar-refractivity contribution is 7.47. The fourth-order valence-corrected chi connectivity index (χ4v) is 3.30. The highest BCUT2D eigenvalue weighted by Gasteiger charge is 2.24. The first-order valence-electron chi connectivity index (χ1n) is 9.49. The molecule has 27 heavy (non-hydrogen) atoms. The van der Waals surface area contributed by atoms with Crippen LogP contribution in [0.4, 0.5) is 0 Å². The minimum Gasteiger partial charge on any atom is -0.379 e. The molecule has 0 aliphatic heterocycles. The zero-order valence-corrected chi connectivity index (χ0v) is 17.0. The van der Waals surface area contributed by atoms with Crippen LogP contribution in [0.3, 0.4) is 0 Å². The smallest absolute Gasteiger partial charge is 0.379 e. The summed E-state index contributed by atoms with van der Waals surface area (Å²) in [6.45, 7) is 4.67. The number of hydrogen-bond donors (Lipinski definition) is 1. The first-order valence-corrected chi connectivity index (χ1v) is 11.0. The number of benzene rings is 2. The Bertz CT molecular complexity index is 748. The van der Waals surface area contributed by atoms with Gasteiger partial charge in [0.1, 0.15) is 0 Å². The molecule has 0 saturated heterocycles. The Labute approximate surface area is 160 Å². The summed E-state index contributed by atoms with van der Waals surface area (Å²) in [4.78, 5) is 15.2. The van der Waals surface area contributed by atoms with Gasteiger partial charge in [-0.15, -0.1) is 0 Å². The van der Waals surface area contributed by atoms with Crippen LogP contribution in [0.5, 0.6) is 5.75 Å². The number of hydrogen-bond acceptors (Lipinski definition) is 5. The molecule has 0 fully saturated rings. The minimum absolute atomic E-state index is 0.0512. The normalized spacial score (nSPS) is 13.6. The maximum absolute atomic E-state index is 12.0. The predicted molar refractivity (Wildman–Crippen MR) is 106 cm³/mol. The highest BCUT2D eigenvalue weighted by Crippen LogP contribution is 2.44. The van der Waals surface area contributed by atoms with Crippen LogP contribution >= 0.6 is 7.82 Å². The van der Waals surface area contributed by atoms with Crippen molar-refractivity contribution < 1.29 is 28.3 Å². The molecular formula is C20H29O6P. The second kappa shape index (κ2) is 11.4. The fourth-order valence-electron chi connectivity index (χ4n) is 2.79. The Hall–Kier alpha value is -1.43. The van der Waals surface area contributed by atoms with Crippen LogP contribution in [0.15, 0.2) is 36.4 Å². The van der Waals surface area contributed by atoms with Gasteiger partial charge in [-0.3, -0.25) is 4.52 Å². The average Bonchev–Trinajstić information content (AvgIpc) is 2.67. The number of ether oxygens (including phenoxy) is 1. The summed E-state index contributed by atoms with van der Waals surface area (Å²) in [6.07, 6.45) is 5.30. The van der Waals surface area contributed by atoms with E-state index in [0.29, 0.717) is 12.4 Å². The van der Waals surface area contributed by atoms with Crippen LogP contribution in [-0.2, 0) is 24.9 Å². The molecule has 0 amide bonds. The van der Waals surface area contributed by atoms with Gasteiger partial charge in [0.15, 0.2) is 5.75 Å². The second-order valence-corrected chi connectivity index (χ2v) is 7.59. The van der Waals surface area contributed by atoms with Gasteiger partial charge in [-0.25, -0.2) is 4.57 Å². The minimum atomic E-state index is -4.33. The number of phosphoric acid groups is 1. The summed E-state index contributed by atoms with van der Waals surface area (Å²) >= 11 is 0. The number of aryl methyl sites for hydroxylation is 1. The van der Waals surface area contributed by atoms with E-state index >= 15 is 0 Å². The molecular weight excluding hydrogens is 367 g/mol.